The van der Waals surface area contributed by atoms with Crippen LogP contribution in [0.4, 0.5) is 11.4 Å². The SMILES string of the molecule is CC1Oc2ccc(-c3cn4ccsc4n3)cc2N(CC(=O)Nc2ccccc2Cl)C1=O. The van der Waals surface area contributed by atoms with Crippen molar-refractivity contribution < 1.29 is 14.3 Å². The van der Waals surface area contributed by atoms with Crippen LogP contribution in [0.25, 0.3) is 16.2 Å². The van der Waals surface area contributed by atoms with Crippen molar-refractivity contribution in [1.29, 1.82) is 0 Å². The molecule has 1 aliphatic rings. The Balaban J connectivity index is 1.46. The summed E-state index contributed by atoms with van der Waals surface area (Å²) in [5.41, 5.74) is 2.64. The van der Waals surface area contributed by atoms with Crippen molar-refractivity contribution in [3.63, 3.8) is 0 Å². The van der Waals surface area contributed by atoms with Gasteiger partial charge in [-0.15, -0.1) is 11.3 Å². The van der Waals surface area contributed by atoms with Crippen molar-refractivity contribution in [1.82, 2.24) is 9.38 Å². The molecule has 0 aliphatic carbocycles. The maximum Gasteiger partial charge on any atom is 0.268 e. The fourth-order valence-corrected chi connectivity index (χ4v) is 4.37. The molecule has 2 aromatic heterocycles. The topological polar surface area (TPSA) is 75.9 Å². The minimum atomic E-state index is -0.690. The van der Waals surface area contributed by atoms with Crippen LogP contribution in [0.3, 0.4) is 0 Å². The molecule has 2 aromatic carbocycles. The van der Waals surface area contributed by atoms with Crippen LogP contribution < -0.4 is 15.0 Å². The first-order valence-corrected chi connectivity index (χ1v) is 10.8. The van der Waals surface area contributed by atoms with E-state index in [4.69, 9.17) is 16.3 Å². The Bertz CT molecular complexity index is 1290. The summed E-state index contributed by atoms with van der Waals surface area (Å²) in [7, 11) is 0. The standard InChI is InChI=1S/C22H17ClN4O3S/c1-13-21(29)27(12-20(28)24-16-5-3-2-4-15(16)23)18-10-14(6-7-19(18)30-13)17-11-26-8-9-31-22(26)25-17/h2-11,13H,12H2,1H3,(H,24,28). The summed E-state index contributed by atoms with van der Waals surface area (Å²) in [6, 6.07) is 12.5. The van der Waals surface area contributed by atoms with Crippen molar-refractivity contribution in [3.8, 4) is 17.0 Å². The van der Waals surface area contributed by atoms with Crippen LogP contribution in [-0.2, 0) is 9.59 Å². The van der Waals surface area contributed by atoms with E-state index >= 15 is 0 Å². The molecule has 1 aliphatic heterocycles. The third kappa shape index (κ3) is 3.64. The van der Waals surface area contributed by atoms with Crippen molar-refractivity contribution in [2.24, 2.45) is 0 Å². The molecule has 1 unspecified atom stereocenters. The number of aromatic nitrogens is 2. The number of hydrogen-bond acceptors (Lipinski definition) is 5. The third-order valence-corrected chi connectivity index (χ3v) is 6.11. The summed E-state index contributed by atoms with van der Waals surface area (Å²) in [5, 5.41) is 5.16. The number of ether oxygens (including phenoxy) is 1. The Morgan fingerprint density at radius 1 is 1.29 bits per heavy atom. The highest BCUT2D eigenvalue weighted by molar-refractivity contribution is 7.15. The quantitative estimate of drug-likeness (QED) is 0.495. The van der Waals surface area contributed by atoms with Crippen LogP contribution in [0.5, 0.6) is 5.75 Å². The van der Waals surface area contributed by atoms with E-state index in [1.807, 2.05) is 34.3 Å². The molecule has 0 saturated heterocycles. The van der Waals surface area contributed by atoms with E-state index in [0.29, 0.717) is 22.1 Å². The maximum absolute atomic E-state index is 12.9. The van der Waals surface area contributed by atoms with Crippen molar-refractivity contribution >= 4 is 51.1 Å². The van der Waals surface area contributed by atoms with Gasteiger partial charge in [-0.3, -0.25) is 18.9 Å². The molecular formula is C22H17ClN4O3S. The van der Waals surface area contributed by atoms with E-state index in [1.54, 1.807) is 48.6 Å². The molecule has 1 atom stereocenters. The highest BCUT2D eigenvalue weighted by Gasteiger charge is 2.33. The van der Waals surface area contributed by atoms with Crippen molar-refractivity contribution in [3.05, 3.63) is 65.3 Å². The summed E-state index contributed by atoms with van der Waals surface area (Å²) < 4.78 is 7.70. The second kappa shape index (κ2) is 7.72. The molecule has 0 bridgehead atoms. The highest BCUT2D eigenvalue weighted by Crippen LogP contribution is 2.37. The summed E-state index contributed by atoms with van der Waals surface area (Å²) in [6.07, 6.45) is 3.18. The molecule has 156 valence electrons. The van der Waals surface area contributed by atoms with Crippen LogP contribution in [0.1, 0.15) is 6.92 Å². The summed E-state index contributed by atoms with van der Waals surface area (Å²) in [4.78, 5) is 32.5. The minimum Gasteiger partial charge on any atom is -0.479 e. The van der Waals surface area contributed by atoms with Crippen LogP contribution in [0.15, 0.2) is 60.2 Å². The maximum atomic E-state index is 12.9. The number of carbonyl (C=O) groups is 2. The smallest absolute Gasteiger partial charge is 0.268 e. The number of nitrogens with one attached hydrogen (secondary N) is 1. The third-order valence-electron chi connectivity index (χ3n) is 5.01. The van der Waals surface area contributed by atoms with E-state index in [2.05, 4.69) is 10.3 Å². The lowest BCUT2D eigenvalue weighted by atomic mass is 10.1. The largest absolute Gasteiger partial charge is 0.479 e. The van der Waals surface area contributed by atoms with E-state index in [0.717, 1.165) is 16.2 Å². The van der Waals surface area contributed by atoms with E-state index in [1.165, 1.54) is 4.90 Å². The van der Waals surface area contributed by atoms with Gasteiger partial charge in [-0.25, -0.2) is 4.98 Å². The zero-order valence-corrected chi connectivity index (χ0v) is 18.0. The first-order valence-electron chi connectivity index (χ1n) is 9.58. The molecule has 7 nitrogen and oxygen atoms in total. The second-order valence-electron chi connectivity index (χ2n) is 7.11. The number of anilines is 2. The number of thiazole rings is 1. The monoisotopic (exact) mass is 452 g/mol. The normalized spacial score (nSPS) is 15.6. The van der Waals surface area contributed by atoms with Crippen LogP contribution in [-0.4, -0.2) is 33.8 Å². The number of imidazole rings is 1. The Kier molecular flexibility index (Phi) is 4.88. The molecule has 5 rings (SSSR count). The average Bonchev–Trinajstić information content (AvgIpc) is 3.35. The number of fused-ring (bicyclic) bond motifs is 2. The first-order chi connectivity index (χ1) is 15.0. The van der Waals surface area contributed by atoms with Gasteiger partial charge in [0.1, 0.15) is 12.3 Å². The molecule has 9 heteroatoms. The van der Waals surface area contributed by atoms with E-state index in [9.17, 15) is 9.59 Å². The number of benzene rings is 2. The molecule has 2 amide bonds. The minimum absolute atomic E-state index is 0.160. The summed E-state index contributed by atoms with van der Waals surface area (Å²) in [5.74, 6) is -0.0957. The second-order valence-corrected chi connectivity index (χ2v) is 8.39. The number of rotatable bonds is 4. The van der Waals surface area contributed by atoms with E-state index in [-0.39, 0.29) is 18.4 Å². The van der Waals surface area contributed by atoms with Crippen LogP contribution in [0, 0.1) is 0 Å². The number of amides is 2. The predicted octanol–water partition coefficient (Wildman–Crippen LogP) is 4.47. The molecule has 1 N–H and O–H groups in total. The first kappa shape index (κ1) is 19.6. The molecule has 3 heterocycles. The molecule has 0 fully saturated rings. The van der Waals surface area contributed by atoms with Gasteiger partial charge in [0.15, 0.2) is 11.1 Å². The molecule has 4 aromatic rings. The Hall–Kier alpha value is -3.36. The van der Waals surface area contributed by atoms with Crippen molar-refractivity contribution in [2.75, 3.05) is 16.8 Å². The molecular weight excluding hydrogens is 436 g/mol. The number of carbonyl (C=O) groups excluding carboxylic acids is 2. The Morgan fingerprint density at radius 3 is 2.94 bits per heavy atom. The number of para-hydroxylation sites is 1. The zero-order chi connectivity index (χ0) is 21.5. The van der Waals surface area contributed by atoms with Gasteiger partial charge in [0.25, 0.3) is 5.91 Å². The lowest BCUT2D eigenvalue weighted by Gasteiger charge is -2.32. The lowest BCUT2D eigenvalue weighted by Crippen LogP contribution is -2.47. The van der Waals surface area contributed by atoms with Gasteiger partial charge >= 0.3 is 0 Å². The Morgan fingerprint density at radius 2 is 2.13 bits per heavy atom. The van der Waals surface area contributed by atoms with Gasteiger partial charge in [-0.2, -0.15) is 0 Å². The fourth-order valence-electron chi connectivity index (χ4n) is 3.49. The highest BCUT2D eigenvalue weighted by atomic mass is 35.5. The Labute approximate surface area is 186 Å². The van der Waals surface area contributed by atoms with Gasteiger partial charge in [0.05, 0.1) is 22.1 Å². The van der Waals surface area contributed by atoms with Crippen LogP contribution in [0.2, 0.25) is 5.02 Å². The van der Waals surface area contributed by atoms with E-state index < -0.39 is 6.10 Å². The van der Waals surface area contributed by atoms with Crippen LogP contribution >= 0.6 is 22.9 Å². The lowest BCUT2D eigenvalue weighted by molar-refractivity contribution is -0.127. The predicted molar refractivity (Wildman–Crippen MR) is 121 cm³/mol. The fraction of sp³-hybridized carbons (Fsp3) is 0.136. The zero-order valence-electron chi connectivity index (χ0n) is 16.4. The van der Waals surface area contributed by atoms with Gasteiger partial charge in [0.2, 0.25) is 5.91 Å². The van der Waals surface area contributed by atoms with Crippen molar-refractivity contribution in [2.45, 2.75) is 13.0 Å². The molecule has 0 saturated carbocycles. The van der Waals surface area contributed by atoms with Gasteiger partial charge < -0.3 is 10.1 Å². The van der Waals surface area contributed by atoms with Gasteiger partial charge in [0, 0.05) is 23.3 Å². The molecule has 31 heavy (non-hydrogen) atoms. The number of halogens is 1. The summed E-state index contributed by atoms with van der Waals surface area (Å²) in [6.45, 7) is 1.51. The number of hydrogen-bond donors (Lipinski definition) is 1. The molecule has 0 radical (unpaired) electrons. The number of nitrogens with zero attached hydrogens (tertiary/aromatic N) is 3. The summed E-state index contributed by atoms with van der Waals surface area (Å²) >= 11 is 7.68. The van der Waals surface area contributed by atoms with Gasteiger partial charge in [-0.05, 0) is 37.3 Å². The molecule has 0 spiro atoms. The van der Waals surface area contributed by atoms with Gasteiger partial charge in [-0.1, -0.05) is 23.7 Å². The average molecular weight is 453 g/mol.